The Balaban J connectivity index is 2.90. The Kier molecular flexibility index (Phi) is 6.18. The van der Waals surface area contributed by atoms with Gasteiger partial charge in [-0.25, -0.2) is 0 Å². The highest BCUT2D eigenvalue weighted by molar-refractivity contribution is 5.81. The zero-order chi connectivity index (χ0) is 13.4. The van der Waals surface area contributed by atoms with Crippen LogP contribution >= 0.6 is 0 Å². The van der Waals surface area contributed by atoms with Crippen LogP contribution in [0.25, 0.3) is 0 Å². The van der Waals surface area contributed by atoms with Gasteiger partial charge in [-0.1, -0.05) is 6.07 Å². The van der Waals surface area contributed by atoms with E-state index in [1.165, 1.54) is 7.11 Å². The number of rotatable bonds is 8. The zero-order valence-corrected chi connectivity index (χ0v) is 10.8. The van der Waals surface area contributed by atoms with Crippen molar-refractivity contribution in [3.05, 3.63) is 23.8 Å². The van der Waals surface area contributed by atoms with Crippen LogP contribution in [0.15, 0.2) is 18.2 Å². The lowest BCUT2D eigenvalue weighted by Crippen LogP contribution is -2.24. The summed E-state index contributed by atoms with van der Waals surface area (Å²) in [5, 5.41) is 0. The lowest BCUT2D eigenvalue weighted by atomic mass is 10.2. The molecular weight excluding hydrogens is 236 g/mol. The predicted molar refractivity (Wildman–Crippen MR) is 66.0 cm³/mol. The number of carbonyl (C=O) groups excluding carboxylic acids is 1. The molecule has 0 spiro atoms. The molecule has 0 fully saturated rings. The first kappa shape index (κ1) is 14.5. The van der Waals surface area contributed by atoms with Gasteiger partial charge in [0.1, 0.15) is 0 Å². The molecular formula is C13H18O5. The third-order valence-electron chi connectivity index (χ3n) is 2.17. The molecule has 0 heterocycles. The number of hydrogen-bond acceptors (Lipinski definition) is 5. The summed E-state index contributed by atoms with van der Waals surface area (Å²) in [6, 6.07) is 5.04. The third-order valence-corrected chi connectivity index (χ3v) is 2.17. The van der Waals surface area contributed by atoms with Gasteiger partial charge in [0.15, 0.2) is 17.8 Å². The minimum Gasteiger partial charge on any atom is -0.492 e. The molecule has 5 heteroatoms. The van der Waals surface area contributed by atoms with E-state index < -0.39 is 6.48 Å². The van der Waals surface area contributed by atoms with Gasteiger partial charge >= 0.3 is 6.48 Å². The average Bonchev–Trinajstić information content (AvgIpc) is 2.39. The molecule has 18 heavy (non-hydrogen) atoms. The van der Waals surface area contributed by atoms with E-state index in [1.54, 1.807) is 18.2 Å². The first-order valence-electron chi connectivity index (χ1n) is 5.78. The highest BCUT2D eigenvalue weighted by Gasteiger charge is 2.15. The van der Waals surface area contributed by atoms with E-state index in [1.807, 2.05) is 13.8 Å². The van der Waals surface area contributed by atoms with Crippen LogP contribution in [0.1, 0.15) is 24.2 Å². The van der Waals surface area contributed by atoms with E-state index in [0.717, 1.165) is 0 Å². The summed E-state index contributed by atoms with van der Waals surface area (Å²) in [6.45, 7) is 3.79. The fourth-order valence-electron chi connectivity index (χ4n) is 1.43. The molecule has 0 N–H and O–H groups in total. The van der Waals surface area contributed by atoms with Crippen molar-refractivity contribution in [2.45, 2.75) is 20.3 Å². The Hall–Kier alpha value is -1.59. The van der Waals surface area contributed by atoms with Gasteiger partial charge in [0.05, 0.1) is 25.9 Å². The molecule has 0 saturated carbocycles. The van der Waals surface area contributed by atoms with Gasteiger partial charge in [0.25, 0.3) is 0 Å². The molecule has 0 radical (unpaired) electrons. The van der Waals surface area contributed by atoms with Crippen LogP contribution in [0.4, 0.5) is 0 Å². The number of para-hydroxylation sites is 1. The maximum atomic E-state index is 10.9. The quantitative estimate of drug-likeness (QED) is 0.526. The summed E-state index contributed by atoms with van der Waals surface area (Å²) >= 11 is 0. The standard InChI is InChI=1S/C13H18O5/c1-4-16-13(17-5-2)18-11-8-6-7-10(9-14)12(11)15-3/h6-9,13H,4-5H2,1-3H3. The fourth-order valence-corrected chi connectivity index (χ4v) is 1.43. The van der Waals surface area contributed by atoms with Crippen LogP contribution in [-0.4, -0.2) is 33.1 Å². The molecule has 5 nitrogen and oxygen atoms in total. The second-order valence-corrected chi connectivity index (χ2v) is 3.31. The minimum atomic E-state index is -0.809. The molecule has 0 atom stereocenters. The van der Waals surface area contributed by atoms with Gasteiger partial charge in [-0.15, -0.1) is 0 Å². The summed E-state index contributed by atoms with van der Waals surface area (Å²) in [7, 11) is 1.48. The number of carbonyl (C=O) groups is 1. The van der Waals surface area contributed by atoms with Crippen LogP contribution in [0.3, 0.4) is 0 Å². The molecule has 0 aliphatic heterocycles. The molecule has 0 bridgehead atoms. The van der Waals surface area contributed by atoms with Crippen molar-refractivity contribution in [3.63, 3.8) is 0 Å². The largest absolute Gasteiger partial charge is 0.492 e. The van der Waals surface area contributed by atoms with Gasteiger partial charge in [-0.3, -0.25) is 4.79 Å². The van der Waals surface area contributed by atoms with Crippen molar-refractivity contribution >= 4 is 6.29 Å². The summed E-state index contributed by atoms with van der Waals surface area (Å²) in [6.07, 6.45) is 0.710. The molecule has 0 unspecified atom stereocenters. The average molecular weight is 254 g/mol. The van der Waals surface area contributed by atoms with Crippen molar-refractivity contribution in [1.29, 1.82) is 0 Å². The third kappa shape index (κ3) is 3.72. The molecule has 100 valence electrons. The summed E-state index contributed by atoms with van der Waals surface area (Å²) < 4.78 is 21.2. The van der Waals surface area contributed by atoms with Crippen LogP contribution in [0.2, 0.25) is 0 Å². The van der Waals surface area contributed by atoms with E-state index in [-0.39, 0.29) is 0 Å². The SMILES string of the molecule is CCOC(OCC)Oc1cccc(C=O)c1OC. The Labute approximate surface area is 107 Å². The van der Waals surface area contributed by atoms with Gasteiger partial charge in [-0.2, -0.15) is 0 Å². The maximum absolute atomic E-state index is 10.9. The highest BCUT2D eigenvalue weighted by Crippen LogP contribution is 2.30. The predicted octanol–water partition coefficient (Wildman–Crippen LogP) is 2.24. The second kappa shape index (κ2) is 7.68. The smallest absolute Gasteiger partial charge is 0.316 e. The lowest BCUT2D eigenvalue weighted by molar-refractivity contribution is -0.242. The van der Waals surface area contributed by atoms with E-state index >= 15 is 0 Å². The van der Waals surface area contributed by atoms with E-state index in [0.29, 0.717) is 36.6 Å². The van der Waals surface area contributed by atoms with E-state index in [4.69, 9.17) is 18.9 Å². The summed E-state index contributed by atoms with van der Waals surface area (Å²) in [5.74, 6) is 0.783. The fraction of sp³-hybridized carbons (Fsp3) is 0.462. The van der Waals surface area contributed by atoms with Crippen molar-refractivity contribution in [1.82, 2.24) is 0 Å². The number of hydrogen-bond donors (Lipinski definition) is 0. The Bertz CT molecular complexity index is 372. The Morgan fingerprint density at radius 2 is 1.89 bits per heavy atom. The molecule has 0 aliphatic rings. The molecule has 0 aromatic heterocycles. The van der Waals surface area contributed by atoms with Crippen molar-refractivity contribution in [2.75, 3.05) is 20.3 Å². The monoisotopic (exact) mass is 254 g/mol. The Morgan fingerprint density at radius 1 is 1.22 bits per heavy atom. The summed E-state index contributed by atoms with van der Waals surface area (Å²) in [5.41, 5.74) is 0.418. The number of benzene rings is 1. The number of methoxy groups -OCH3 is 1. The molecule has 0 saturated heterocycles. The second-order valence-electron chi connectivity index (χ2n) is 3.31. The van der Waals surface area contributed by atoms with Gasteiger partial charge in [0.2, 0.25) is 0 Å². The molecule has 1 rings (SSSR count). The number of aldehydes is 1. The van der Waals surface area contributed by atoms with Crippen molar-refractivity contribution < 1.29 is 23.7 Å². The van der Waals surface area contributed by atoms with Crippen LogP contribution in [-0.2, 0) is 9.47 Å². The molecule has 1 aromatic rings. The molecule has 1 aromatic carbocycles. The molecule has 0 amide bonds. The van der Waals surface area contributed by atoms with Gasteiger partial charge in [0, 0.05) is 0 Å². The van der Waals surface area contributed by atoms with E-state index in [9.17, 15) is 4.79 Å². The first-order chi connectivity index (χ1) is 8.76. The van der Waals surface area contributed by atoms with Gasteiger partial charge in [-0.05, 0) is 26.0 Å². The first-order valence-corrected chi connectivity index (χ1v) is 5.78. The number of ether oxygens (including phenoxy) is 4. The lowest BCUT2D eigenvalue weighted by Gasteiger charge is -2.19. The maximum Gasteiger partial charge on any atom is 0.316 e. The highest BCUT2D eigenvalue weighted by atomic mass is 16.8. The van der Waals surface area contributed by atoms with E-state index in [2.05, 4.69) is 0 Å². The van der Waals surface area contributed by atoms with Crippen LogP contribution in [0, 0.1) is 0 Å². The van der Waals surface area contributed by atoms with Crippen molar-refractivity contribution in [2.24, 2.45) is 0 Å². The minimum absolute atomic E-state index is 0.372. The normalized spacial score (nSPS) is 10.4. The van der Waals surface area contributed by atoms with Crippen LogP contribution < -0.4 is 9.47 Å². The van der Waals surface area contributed by atoms with Crippen molar-refractivity contribution in [3.8, 4) is 11.5 Å². The zero-order valence-electron chi connectivity index (χ0n) is 10.8. The molecule has 0 aliphatic carbocycles. The Morgan fingerprint density at radius 3 is 2.39 bits per heavy atom. The van der Waals surface area contributed by atoms with Crippen LogP contribution in [0.5, 0.6) is 11.5 Å². The topological polar surface area (TPSA) is 54.0 Å². The summed E-state index contributed by atoms with van der Waals surface area (Å²) in [4.78, 5) is 10.9. The van der Waals surface area contributed by atoms with Gasteiger partial charge < -0.3 is 18.9 Å².